The Labute approximate surface area is 188 Å². The van der Waals surface area contributed by atoms with E-state index < -0.39 is 10.7 Å². The number of para-hydroxylation sites is 1. The fraction of sp³-hybridized carbons (Fsp3) is 0.261. The molecule has 0 aliphatic rings. The number of nitrogens with one attached hydrogen (secondary N) is 1. The molecule has 0 saturated heterocycles. The molecule has 0 bridgehead atoms. The first kappa shape index (κ1) is 22.0. The summed E-state index contributed by atoms with van der Waals surface area (Å²) < 4.78 is 8.35. The van der Waals surface area contributed by atoms with Crippen molar-refractivity contribution in [3.8, 4) is 5.69 Å². The van der Waals surface area contributed by atoms with E-state index in [9.17, 15) is 19.7 Å². The van der Waals surface area contributed by atoms with E-state index in [4.69, 9.17) is 4.42 Å². The number of aromatic nitrogens is 3. The molecule has 0 aliphatic carbocycles. The average Bonchev–Trinajstić information content (AvgIpc) is 3.27. The summed E-state index contributed by atoms with van der Waals surface area (Å²) in [5, 5.41) is 18.4. The third-order valence-electron chi connectivity index (χ3n) is 5.55. The van der Waals surface area contributed by atoms with Crippen molar-refractivity contribution < 1.29 is 14.1 Å². The summed E-state index contributed by atoms with van der Waals surface area (Å²) in [5.74, 6) is -0.747. The first-order chi connectivity index (χ1) is 15.8. The zero-order valence-electron chi connectivity index (χ0n) is 18.3. The Hall–Kier alpha value is -4.21. The summed E-state index contributed by atoms with van der Waals surface area (Å²) in [6, 6.07) is 13.8. The molecular weight excluding hydrogens is 426 g/mol. The summed E-state index contributed by atoms with van der Waals surface area (Å²) in [7, 11) is 0. The number of hydrogen-bond acceptors (Lipinski definition) is 6. The minimum Gasteiger partial charge on any atom is -0.407 e. The largest absolute Gasteiger partial charge is 0.419 e. The van der Waals surface area contributed by atoms with Gasteiger partial charge in [0.25, 0.3) is 5.69 Å². The number of fused-ring (bicyclic) bond motifs is 1. The van der Waals surface area contributed by atoms with Crippen LogP contribution in [0.3, 0.4) is 0 Å². The molecule has 0 aliphatic heterocycles. The van der Waals surface area contributed by atoms with Gasteiger partial charge in [0.05, 0.1) is 27.9 Å². The molecule has 0 fully saturated rings. The summed E-state index contributed by atoms with van der Waals surface area (Å²) in [6.45, 7) is 4.51. The number of hydrogen-bond donors (Lipinski definition) is 1. The highest BCUT2D eigenvalue weighted by Crippen LogP contribution is 2.21. The second-order valence-electron chi connectivity index (χ2n) is 7.71. The Morgan fingerprint density at radius 3 is 2.67 bits per heavy atom. The number of carbonyl (C=O) groups is 1. The van der Waals surface area contributed by atoms with E-state index in [1.165, 1.54) is 22.8 Å². The van der Waals surface area contributed by atoms with Crippen LogP contribution in [0.4, 0.5) is 5.69 Å². The van der Waals surface area contributed by atoms with Crippen LogP contribution in [0, 0.1) is 24.0 Å². The molecule has 0 spiro atoms. The van der Waals surface area contributed by atoms with E-state index in [2.05, 4.69) is 10.4 Å². The lowest BCUT2D eigenvalue weighted by Gasteiger charge is -2.07. The number of rotatable bonds is 8. The molecule has 10 heteroatoms. The molecule has 2 aromatic carbocycles. The van der Waals surface area contributed by atoms with E-state index in [0.717, 1.165) is 22.6 Å². The normalized spacial score (nSPS) is 11.1. The fourth-order valence-corrected chi connectivity index (χ4v) is 3.80. The number of carbonyl (C=O) groups excluding carboxylic acids is 1. The first-order valence-corrected chi connectivity index (χ1v) is 10.5. The van der Waals surface area contributed by atoms with Crippen molar-refractivity contribution in [3.05, 3.63) is 86.1 Å². The maximum atomic E-state index is 12.4. The van der Waals surface area contributed by atoms with Crippen LogP contribution in [0.1, 0.15) is 29.8 Å². The van der Waals surface area contributed by atoms with Crippen LogP contribution in [0.2, 0.25) is 0 Å². The Balaban J connectivity index is 1.36. The van der Waals surface area contributed by atoms with Gasteiger partial charge in [-0.05, 0) is 38.5 Å². The summed E-state index contributed by atoms with van der Waals surface area (Å²) in [4.78, 5) is 34.9. The van der Waals surface area contributed by atoms with Crippen LogP contribution >= 0.6 is 0 Å². The number of non-ortho nitro benzene ring substituents is 1. The molecule has 2 heterocycles. The zero-order chi connectivity index (χ0) is 23.5. The van der Waals surface area contributed by atoms with E-state index in [1.54, 1.807) is 0 Å². The molecule has 4 aromatic rings. The molecule has 4 rings (SSSR count). The van der Waals surface area contributed by atoms with Gasteiger partial charge in [0, 0.05) is 36.8 Å². The second-order valence-corrected chi connectivity index (χ2v) is 7.71. The smallest absolute Gasteiger partial charge is 0.407 e. The van der Waals surface area contributed by atoms with Crippen molar-refractivity contribution in [2.75, 3.05) is 0 Å². The Bertz CT molecular complexity index is 1380. The number of amides is 1. The molecular formula is C23H23N5O5. The maximum Gasteiger partial charge on any atom is 0.419 e. The monoisotopic (exact) mass is 449 g/mol. The third-order valence-corrected chi connectivity index (χ3v) is 5.55. The van der Waals surface area contributed by atoms with Gasteiger partial charge >= 0.3 is 5.76 Å². The zero-order valence-corrected chi connectivity index (χ0v) is 18.3. The van der Waals surface area contributed by atoms with Gasteiger partial charge in [-0.2, -0.15) is 5.10 Å². The van der Waals surface area contributed by atoms with Crippen LogP contribution < -0.4 is 11.1 Å². The van der Waals surface area contributed by atoms with E-state index in [0.29, 0.717) is 18.5 Å². The average molecular weight is 449 g/mol. The van der Waals surface area contributed by atoms with E-state index >= 15 is 0 Å². The van der Waals surface area contributed by atoms with Gasteiger partial charge in [0.15, 0.2) is 5.58 Å². The van der Waals surface area contributed by atoms with Crippen LogP contribution in [-0.4, -0.2) is 25.2 Å². The summed E-state index contributed by atoms with van der Waals surface area (Å²) in [6.07, 6.45) is 0.635. The highest BCUT2D eigenvalue weighted by atomic mass is 16.6. The van der Waals surface area contributed by atoms with Crippen molar-refractivity contribution in [3.63, 3.8) is 0 Å². The number of nitrogens with zero attached hydrogens (tertiary/aromatic N) is 4. The lowest BCUT2D eigenvalue weighted by molar-refractivity contribution is -0.384. The van der Waals surface area contributed by atoms with Gasteiger partial charge in [-0.3, -0.25) is 19.5 Å². The van der Waals surface area contributed by atoms with Gasteiger partial charge in [0.1, 0.15) is 0 Å². The predicted molar refractivity (Wildman–Crippen MR) is 121 cm³/mol. The predicted octanol–water partition coefficient (Wildman–Crippen LogP) is 3.40. The SMILES string of the molecule is Cc1nn(-c2ccccc2)c(C)c1CNC(=O)CCCn1c(=O)oc2cc([N+](=O)[O-])ccc21. The van der Waals surface area contributed by atoms with Crippen LogP contribution in [0.25, 0.3) is 16.8 Å². The van der Waals surface area contributed by atoms with Crippen LogP contribution in [0.15, 0.2) is 57.7 Å². The Morgan fingerprint density at radius 2 is 1.94 bits per heavy atom. The topological polar surface area (TPSA) is 125 Å². The summed E-state index contributed by atoms with van der Waals surface area (Å²) >= 11 is 0. The second kappa shape index (κ2) is 9.11. The highest BCUT2D eigenvalue weighted by Gasteiger charge is 2.16. The van der Waals surface area contributed by atoms with Crippen molar-refractivity contribution in [1.29, 1.82) is 0 Å². The number of aryl methyl sites for hydroxylation is 2. The number of nitro groups is 1. The molecule has 10 nitrogen and oxygen atoms in total. The Kier molecular flexibility index (Phi) is 6.07. The van der Waals surface area contributed by atoms with Crippen molar-refractivity contribution in [2.45, 2.75) is 39.8 Å². The summed E-state index contributed by atoms with van der Waals surface area (Å²) in [5.41, 5.74) is 4.20. The van der Waals surface area contributed by atoms with Crippen LogP contribution in [-0.2, 0) is 17.9 Å². The van der Waals surface area contributed by atoms with Crippen molar-refractivity contribution in [2.24, 2.45) is 0 Å². The van der Waals surface area contributed by atoms with E-state index in [-0.39, 0.29) is 30.1 Å². The fourth-order valence-electron chi connectivity index (χ4n) is 3.80. The molecule has 1 amide bonds. The number of benzene rings is 2. The molecule has 170 valence electrons. The molecule has 0 saturated carbocycles. The van der Waals surface area contributed by atoms with E-state index in [1.807, 2.05) is 48.9 Å². The molecule has 0 unspecified atom stereocenters. The first-order valence-electron chi connectivity index (χ1n) is 10.5. The molecule has 1 N–H and O–H groups in total. The lowest BCUT2D eigenvalue weighted by Crippen LogP contribution is -2.24. The number of oxazole rings is 1. The molecule has 0 radical (unpaired) electrons. The maximum absolute atomic E-state index is 12.4. The van der Waals surface area contributed by atoms with Gasteiger partial charge in [0.2, 0.25) is 5.91 Å². The van der Waals surface area contributed by atoms with Crippen molar-refractivity contribution >= 4 is 22.7 Å². The lowest BCUT2D eigenvalue weighted by atomic mass is 10.2. The minimum absolute atomic E-state index is 0.141. The Morgan fingerprint density at radius 1 is 1.18 bits per heavy atom. The number of nitro benzene ring substituents is 1. The van der Waals surface area contributed by atoms with Crippen molar-refractivity contribution in [1.82, 2.24) is 19.7 Å². The standard InChI is InChI=1S/C23H23N5O5/c1-15-19(16(2)27(25-15)17-7-4-3-5-8-17)14-24-22(29)9-6-12-26-20-11-10-18(28(31)32)13-21(20)33-23(26)30/h3-5,7-8,10-11,13H,6,9,12,14H2,1-2H3,(H,24,29). The highest BCUT2D eigenvalue weighted by molar-refractivity contribution is 5.76. The van der Waals surface area contributed by atoms with Gasteiger partial charge in [-0.25, -0.2) is 9.48 Å². The van der Waals surface area contributed by atoms with Gasteiger partial charge in [-0.15, -0.1) is 0 Å². The quantitative estimate of drug-likeness (QED) is 0.325. The van der Waals surface area contributed by atoms with Gasteiger partial charge in [-0.1, -0.05) is 18.2 Å². The molecule has 33 heavy (non-hydrogen) atoms. The van der Waals surface area contributed by atoms with Crippen LogP contribution in [0.5, 0.6) is 0 Å². The molecule has 0 atom stereocenters. The van der Waals surface area contributed by atoms with Gasteiger partial charge < -0.3 is 9.73 Å². The molecule has 2 aromatic heterocycles. The minimum atomic E-state index is -0.606. The third kappa shape index (κ3) is 4.54.